The maximum Gasteiger partial charge on any atom is 0.439 e. The second kappa shape index (κ2) is 9.30. The highest BCUT2D eigenvalue weighted by Gasteiger charge is 2.59. The molecule has 1 unspecified atom stereocenters. The molecule has 1 aromatic carbocycles. The van der Waals surface area contributed by atoms with Crippen LogP contribution in [-0.4, -0.2) is 30.9 Å². The van der Waals surface area contributed by atoms with Crippen molar-refractivity contribution in [1.82, 2.24) is 5.32 Å². The molecule has 0 fully saturated rings. The lowest BCUT2D eigenvalue weighted by molar-refractivity contribution is -0.304. The molecule has 0 saturated heterocycles. The number of benzene rings is 1. The predicted octanol–water partition coefficient (Wildman–Crippen LogP) is 4.38. The van der Waals surface area contributed by atoms with Crippen molar-refractivity contribution in [2.24, 2.45) is 0 Å². The van der Waals surface area contributed by atoms with Gasteiger partial charge >= 0.3 is 12.3 Å². The lowest BCUT2D eigenvalue weighted by Gasteiger charge is -2.23. The van der Waals surface area contributed by atoms with Crippen LogP contribution >= 0.6 is 0 Å². The first kappa shape index (κ1) is 22.3. The monoisotopic (exact) mass is 394 g/mol. The standard InChI is InChI=1S/C17H16F6N2O2/c1-2-3-8-25-14(26)12(10-24)9-11-4-6-13(7-5-11)27-17(22,23)15(18)16(19,20)21/h4-7,9,15H,2-3,8H2,1H3,(H,25,26)/b12-9+. The van der Waals surface area contributed by atoms with Gasteiger partial charge < -0.3 is 10.1 Å². The van der Waals surface area contributed by atoms with E-state index in [-0.39, 0.29) is 11.1 Å². The maximum absolute atomic E-state index is 13.2. The molecule has 1 atom stereocenters. The Balaban J connectivity index is 2.86. The molecule has 0 spiro atoms. The van der Waals surface area contributed by atoms with Crippen LogP contribution in [0, 0.1) is 11.3 Å². The molecular formula is C17H16F6N2O2. The molecular weight excluding hydrogens is 378 g/mol. The smallest absolute Gasteiger partial charge is 0.430 e. The van der Waals surface area contributed by atoms with Crippen LogP contribution in [0.1, 0.15) is 25.3 Å². The quantitative estimate of drug-likeness (QED) is 0.308. The molecule has 10 heteroatoms. The highest BCUT2D eigenvalue weighted by Crippen LogP contribution is 2.36. The van der Waals surface area contributed by atoms with Gasteiger partial charge in [-0.1, -0.05) is 25.5 Å². The maximum atomic E-state index is 13.2. The number of nitrogens with one attached hydrogen (secondary N) is 1. The van der Waals surface area contributed by atoms with Gasteiger partial charge in [-0.05, 0) is 30.2 Å². The summed E-state index contributed by atoms with van der Waals surface area (Å²) in [7, 11) is 0. The number of nitrogens with zero attached hydrogens (tertiary/aromatic N) is 1. The van der Waals surface area contributed by atoms with Crippen molar-refractivity contribution < 1.29 is 35.9 Å². The second-order valence-corrected chi connectivity index (χ2v) is 5.42. The van der Waals surface area contributed by atoms with Gasteiger partial charge in [-0.15, -0.1) is 0 Å². The molecule has 27 heavy (non-hydrogen) atoms. The summed E-state index contributed by atoms with van der Waals surface area (Å²) >= 11 is 0. The number of amides is 1. The molecule has 0 saturated carbocycles. The normalized spacial score (nSPS) is 13.6. The van der Waals surface area contributed by atoms with E-state index >= 15 is 0 Å². The zero-order valence-electron chi connectivity index (χ0n) is 14.1. The van der Waals surface area contributed by atoms with Crippen molar-refractivity contribution in [1.29, 1.82) is 5.26 Å². The highest BCUT2D eigenvalue weighted by molar-refractivity contribution is 6.01. The van der Waals surface area contributed by atoms with E-state index in [4.69, 9.17) is 5.26 Å². The van der Waals surface area contributed by atoms with Gasteiger partial charge in [0, 0.05) is 6.54 Å². The Morgan fingerprint density at radius 3 is 2.33 bits per heavy atom. The molecule has 1 amide bonds. The first-order valence-electron chi connectivity index (χ1n) is 7.79. The molecule has 0 heterocycles. The number of unbranched alkanes of at least 4 members (excludes halogenated alkanes) is 1. The molecule has 0 aliphatic carbocycles. The summed E-state index contributed by atoms with van der Waals surface area (Å²) in [5, 5.41) is 11.5. The molecule has 0 bridgehead atoms. The third-order valence-electron chi connectivity index (χ3n) is 3.21. The van der Waals surface area contributed by atoms with Crippen molar-refractivity contribution in [3.8, 4) is 11.8 Å². The number of alkyl halides is 6. The average Bonchev–Trinajstić information content (AvgIpc) is 2.59. The number of hydrogen-bond acceptors (Lipinski definition) is 3. The summed E-state index contributed by atoms with van der Waals surface area (Å²) in [5.41, 5.74) is -0.00790. The fourth-order valence-corrected chi connectivity index (χ4v) is 1.82. The largest absolute Gasteiger partial charge is 0.439 e. The van der Waals surface area contributed by atoms with Crippen LogP contribution in [0.3, 0.4) is 0 Å². The topological polar surface area (TPSA) is 62.1 Å². The van der Waals surface area contributed by atoms with Crippen LogP contribution in [0.2, 0.25) is 0 Å². The number of carbonyl (C=O) groups excluding carboxylic acids is 1. The van der Waals surface area contributed by atoms with Gasteiger partial charge in [0.15, 0.2) is 0 Å². The average molecular weight is 394 g/mol. The number of nitriles is 1. The Labute approximate surface area is 151 Å². The van der Waals surface area contributed by atoms with Gasteiger partial charge in [0.25, 0.3) is 12.1 Å². The zero-order valence-corrected chi connectivity index (χ0v) is 14.1. The van der Waals surface area contributed by atoms with Crippen molar-refractivity contribution >= 4 is 12.0 Å². The Kier molecular flexibility index (Phi) is 7.69. The van der Waals surface area contributed by atoms with Crippen molar-refractivity contribution in [3.05, 3.63) is 35.4 Å². The van der Waals surface area contributed by atoms with E-state index in [0.29, 0.717) is 6.54 Å². The van der Waals surface area contributed by atoms with Gasteiger partial charge in [0.1, 0.15) is 17.4 Å². The Morgan fingerprint density at radius 1 is 1.26 bits per heavy atom. The Bertz CT molecular complexity index is 708. The zero-order chi connectivity index (χ0) is 20.7. The van der Waals surface area contributed by atoms with Crippen molar-refractivity contribution in [3.63, 3.8) is 0 Å². The Morgan fingerprint density at radius 2 is 1.85 bits per heavy atom. The van der Waals surface area contributed by atoms with Gasteiger partial charge in [-0.25, -0.2) is 4.39 Å². The summed E-state index contributed by atoms with van der Waals surface area (Å²) in [5.74, 6) is -1.33. The number of halogens is 6. The fraction of sp³-hybridized carbons (Fsp3) is 0.412. The van der Waals surface area contributed by atoms with Crippen LogP contribution < -0.4 is 10.1 Å². The van der Waals surface area contributed by atoms with Crippen molar-refractivity contribution in [2.45, 2.75) is 38.2 Å². The highest BCUT2D eigenvalue weighted by atomic mass is 19.4. The van der Waals surface area contributed by atoms with Gasteiger partial charge in [-0.2, -0.15) is 27.2 Å². The molecule has 1 rings (SSSR count). The minimum atomic E-state index is -5.78. The van der Waals surface area contributed by atoms with Gasteiger partial charge in [0.05, 0.1) is 0 Å². The summed E-state index contributed by atoms with van der Waals surface area (Å²) in [6, 6.07) is 5.68. The number of ether oxygens (including phenoxy) is 1. The molecule has 4 nitrogen and oxygen atoms in total. The molecule has 1 N–H and O–H groups in total. The first-order chi connectivity index (χ1) is 12.5. The number of hydrogen-bond donors (Lipinski definition) is 1. The fourth-order valence-electron chi connectivity index (χ4n) is 1.82. The van der Waals surface area contributed by atoms with Crippen LogP contribution in [0.25, 0.3) is 6.08 Å². The predicted molar refractivity (Wildman–Crippen MR) is 84.5 cm³/mol. The van der Waals surface area contributed by atoms with E-state index in [1.165, 1.54) is 0 Å². The summed E-state index contributed by atoms with van der Waals surface area (Å²) in [6.45, 7) is 2.29. The lowest BCUT2D eigenvalue weighted by Crippen LogP contribution is -2.45. The first-order valence-corrected chi connectivity index (χ1v) is 7.79. The van der Waals surface area contributed by atoms with Gasteiger partial charge in [-0.3, -0.25) is 4.79 Å². The van der Waals surface area contributed by atoms with E-state index in [9.17, 15) is 31.1 Å². The van der Waals surface area contributed by atoms with Crippen LogP contribution in [0.4, 0.5) is 26.3 Å². The van der Waals surface area contributed by atoms with Crippen LogP contribution in [-0.2, 0) is 4.79 Å². The third kappa shape index (κ3) is 6.84. The number of carbonyl (C=O) groups is 1. The molecule has 0 aliphatic heterocycles. The third-order valence-corrected chi connectivity index (χ3v) is 3.21. The van der Waals surface area contributed by atoms with Crippen LogP contribution in [0.5, 0.6) is 5.75 Å². The molecule has 0 radical (unpaired) electrons. The number of rotatable bonds is 8. The van der Waals surface area contributed by atoms with Crippen molar-refractivity contribution in [2.75, 3.05) is 6.54 Å². The molecule has 0 aromatic heterocycles. The van der Waals surface area contributed by atoms with E-state index in [1.807, 2.05) is 6.92 Å². The minimum absolute atomic E-state index is 0.237. The van der Waals surface area contributed by atoms with E-state index in [2.05, 4.69) is 10.1 Å². The Hall–Kier alpha value is -2.70. The summed E-state index contributed by atoms with van der Waals surface area (Å²) in [4.78, 5) is 11.8. The van der Waals surface area contributed by atoms with E-state index in [1.54, 1.807) is 6.07 Å². The van der Waals surface area contributed by atoms with Gasteiger partial charge in [0.2, 0.25) is 0 Å². The van der Waals surface area contributed by atoms with E-state index < -0.39 is 30.1 Å². The molecule has 148 valence electrons. The summed E-state index contributed by atoms with van der Waals surface area (Å²) < 4.78 is 79.2. The minimum Gasteiger partial charge on any atom is -0.430 e. The second-order valence-electron chi connectivity index (χ2n) is 5.42. The summed E-state index contributed by atoms with van der Waals surface area (Å²) in [6.07, 6.45) is -12.6. The lowest BCUT2D eigenvalue weighted by atomic mass is 10.1. The SMILES string of the molecule is CCCCNC(=O)/C(C#N)=C/c1ccc(OC(F)(F)C(F)C(F)(F)F)cc1. The molecule has 1 aromatic rings. The molecule has 0 aliphatic rings. The van der Waals surface area contributed by atoms with Crippen LogP contribution in [0.15, 0.2) is 29.8 Å². The van der Waals surface area contributed by atoms with E-state index in [0.717, 1.165) is 43.2 Å².